The largest absolute Gasteiger partial charge is 0.497 e. The van der Waals surface area contributed by atoms with Crippen LogP contribution >= 0.6 is 0 Å². The molecule has 0 unspecified atom stereocenters. The summed E-state index contributed by atoms with van der Waals surface area (Å²) in [5.41, 5.74) is 2.21. The number of rotatable bonds is 5. The van der Waals surface area contributed by atoms with E-state index in [0.29, 0.717) is 12.5 Å². The Hall–Kier alpha value is -2.82. The fourth-order valence-corrected chi connectivity index (χ4v) is 3.16. The van der Waals surface area contributed by atoms with E-state index in [1.165, 1.54) is 10.9 Å². The van der Waals surface area contributed by atoms with Gasteiger partial charge in [-0.1, -0.05) is 0 Å². The van der Waals surface area contributed by atoms with Crippen LogP contribution in [0.5, 0.6) is 11.5 Å². The maximum Gasteiger partial charge on any atom is 0.137 e. The van der Waals surface area contributed by atoms with Gasteiger partial charge in [0.25, 0.3) is 0 Å². The van der Waals surface area contributed by atoms with E-state index < -0.39 is 0 Å². The highest BCUT2D eigenvalue weighted by molar-refractivity contribution is 5.85. The Morgan fingerprint density at radius 2 is 2.04 bits per heavy atom. The molecule has 1 aliphatic heterocycles. The molecule has 0 spiro atoms. The summed E-state index contributed by atoms with van der Waals surface area (Å²) in [4.78, 5) is 11.2. The van der Waals surface area contributed by atoms with Gasteiger partial charge in [-0.2, -0.15) is 0 Å². The predicted molar refractivity (Wildman–Crippen MR) is 98.5 cm³/mol. The van der Waals surface area contributed by atoms with Crippen molar-refractivity contribution in [2.45, 2.75) is 6.92 Å². The maximum atomic E-state index is 5.79. The molecule has 1 aromatic carbocycles. The lowest BCUT2D eigenvalue weighted by Crippen LogP contribution is -2.49. The van der Waals surface area contributed by atoms with Crippen LogP contribution in [-0.4, -0.2) is 36.8 Å². The van der Waals surface area contributed by atoms with Gasteiger partial charge in [-0.25, -0.2) is 4.98 Å². The molecule has 128 valence electrons. The van der Waals surface area contributed by atoms with Gasteiger partial charge in [0.1, 0.15) is 17.3 Å². The smallest absolute Gasteiger partial charge is 0.137 e. The molecule has 0 aliphatic carbocycles. The predicted octanol–water partition coefficient (Wildman–Crippen LogP) is 3.46. The number of ether oxygens (including phenoxy) is 2. The topological polar surface area (TPSA) is 47.5 Å². The Bertz CT molecular complexity index is 877. The summed E-state index contributed by atoms with van der Waals surface area (Å²) in [6, 6.07) is 12.0. The number of hydrogen-bond acceptors (Lipinski definition) is 5. The minimum Gasteiger partial charge on any atom is -0.497 e. The van der Waals surface area contributed by atoms with Gasteiger partial charge >= 0.3 is 0 Å². The zero-order valence-corrected chi connectivity index (χ0v) is 14.5. The molecular weight excluding hydrogens is 314 g/mol. The van der Waals surface area contributed by atoms with E-state index in [9.17, 15) is 0 Å². The summed E-state index contributed by atoms with van der Waals surface area (Å²) < 4.78 is 11.1. The molecule has 1 aliphatic rings. The van der Waals surface area contributed by atoms with Crippen LogP contribution in [0.3, 0.4) is 0 Å². The fraction of sp³-hybridized carbons (Fsp3) is 0.300. The fourth-order valence-electron chi connectivity index (χ4n) is 3.16. The van der Waals surface area contributed by atoms with Crippen LogP contribution in [0.2, 0.25) is 0 Å². The molecule has 0 bridgehead atoms. The summed E-state index contributed by atoms with van der Waals surface area (Å²) in [6.07, 6.45) is 3.50. The van der Waals surface area contributed by atoms with E-state index in [-0.39, 0.29) is 0 Å². The Morgan fingerprint density at radius 1 is 1.16 bits per heavy atom. The SMILES string of the molecule is COc1ccc2c(C)cc(N3CC(COc4cccnc4)C3)nc2c1. The van der Waals surface area contributed by atoms with Gasteiger partial charge in [-0.15, -0.1) is 0 Å². The van der Waals surface area contributed by atoms with E-state index in [0.717, 1.165) is 35.9 Å². The third-order valence-corrected chi connectivity index (χ3v) is 4.61. The summed E-state index contributed by atoms with van der Waals surface area (Å²) in [7, 11) is 1.68. The first-order valence-electron chi connectivity index (χ1n) is 8.46. The van der Waals surface area contributed by atoms with E-state index in [1.807, 2.05) is 24.3 Å². The van der Waals surface area contributed by atoms with Crippen LogP contribution in [0.15, 0.2) is 48.8 Å². The molecular formula is C20H21N3O2. The molecule has 5 heteroatoms. The first-order valence-corrected chi connectivity index (χ1v) is 8.46. The summed E-state index contributed by atoms with van der Waals surface area (Å²) >= 11 is 0. The summed E-state index contributed by atoms with van der Waals surface area (Å²) in [5.74, 6) is 3.20. The highest BCUT2D eigenvalue weighted by Gasteiger charge is 2.28. The quantitative estimate of drug-likeness (QED) is 0.714. The van der Waals surface area contributed by atoms with Crippen molar-refractivity contribution in [2.75, 3.05) is 31.7 Å². The van der Waals surface area contributed by atoms with Crippen LogP contribution in [0.1, 0.15) is 5.56 Å². The molecule has 0 saturated carbocycles. The van der Waals surface area contributed by atoms with Gasteiger partial charge < -0.3 is 14.4 Å². The second-order valence-corrected chi connectivity index (χ2v) is 6.45. The van der Waals surface area contributed by atoms with E-state index in [4.69, 9.17) is 14.5 Å². The molecule has 1 fully saturated rings. The molecule has 0 amide bonds. The van der Waals surface area contributed by atoms with Crippen molar-refractivity contribution in [3.8, 4) is 11.5 Å². The average molecular weight is 335 g/mol. The molecule has 25 heavy (non-hydrogen) atoms. The zero-order chi connectivity index (χ0) is 17.2. The lowest BCUT2D eigenvalue weighted by Gasteiger charge is -2.40. The van der Waals surface area contributed by atoms with Crippen molar-refractivity contribution in [2.24, 2.45) is 5.92 Å². The summed E-state index contributed by atoms with van der Waals surface area (Å²) in [6.45, 7) is 4.76. The molecule has 4 rings (SSSR count). The Labute approximate surface area is 147 Å². The minimum atomic E-state index is 0.517. The molecule has 0 atom stereocenters. The second kappa shape index (κ2) is 6.59. The third kappa shape index (κ3) is 3.22. The highest BCUT2D eigenvalue weighted by atomic mass is 16.5. The van der Waals surface area contributed by atoms with E-state index >= 15 is 0 Å². The van der Waals surface area contributed by atoms with Crippen molar-refractivity contribution in [1.29, 1.82) is 0 Å². The number of aryl methyl sites for hydroxylation is 1. The number of benzene rings is 1. The molecule has 1 saturated heterocycles. The summed E-state index contributed by atoms with van der Waals surface area (Å²) in [5, 5.41) is 1.17. The first-order chi connectivity index (χ1) is 12.2. The number of pyridine rings is 2. The Morgan fingerprint density at radius 3 is 2.80 bits per heavy atom. The lowest BCUT2D eigenvalue weighted by molar-refractivity contribution is 0.219. The van der Waals surface area contributed by atoms with Crippen LogP contribution in [0.4, 0.5) is 5.82 Å². The van der Waals surface area contributed by atoms with Gasteiger partial charge in [-0.05, 0) is 42.8 Å². The normalized spacial score (nSPS) is 14.4. The van der Waals surface area contributed by atoms with Gasteiger partial charge in [-0.3, -0.25) is 4.98 Å². The number of fused-ring (bicyclic) bond motifs is 1. The van der Waals surface area contributed by atoms with Crippen molar-refractivity contribution in [3.05, 3.63) is 54.4 Å². The average Bonchev–Trinajstić information content (AvgIpc) is 2.60. The van der Waals surface area contributed by atoms with Crippen molar-refractivity contribution >= 4 is 16.7 Å². The Kier molecular flexibility index (Phi) is 4.14. The molecule has 0 N–H and O–H groups in total. The van der Waals surface area contributed by atoms with Crippen LogP contribution < -0.4 is 14.4 Å². The first kappa shape index (κ1) is 15.7. The van der Waals surface area contributed by atoms with Crippen molar-refractivity contribution in [1.82, 2.24) is 9.97 Å². The lowest BCUT2D eigenvalue weighted by atomic mass is 10.0. The monoisotopic (exact) mass is 335 g/mol. The number of nitrogens with zero attached hydrogens (tertiary/aromatic N) is 3. The minimum absolute atomic E-state index is 0.517. The Balaban J connectivity index is 1.43. The van der Waals surface area contributed by atoms with Gasteiger partial charge in [0, 0.05) is 36.7 Å². The molecule has 3 aromatic rings. The van der Waals surface area contributed by atoms with Gasteiger partial charge in [0.15, 0.2) is 0 Å². The third-order valence-electron chi connectivity index (χ3n) is 4.61. The van der Waals surface area contributed by atoms with Crippen LogP contribution in [0.25, 0.3) is 10.9 Å². The molecule has 0 radical (unpaired) electrons. The zero-order valence-electron chi connectivity index (χ0n) is 14.5. The number of aromatic nitrogens is 2. The number of methoxy groups -OCH3 is 1. The molecule has 2 aromatic heterocycles. The molecule has 3 heterocycles. The van der Waals surface area contributed by atoms with Crippen LogP contribution in [-0.2, 0) is 0 Å². The molecule has 5 nitrogen and oxygen atoms in total. The van der Waals surface area contributed by atoms with Crippen LogP contribution in [0, 0.1) is 12.8 Å². The number of hydrogen-bond donors (Lipinski definition) is 0. The van der Waals surface area contributed by atoms with Gasteiger partial charge in [0.2, 0.25) is 0 Å². The highest BCUT2D eigenvalue weighted by Crippen LogP contribution is 2.29. The van der Waals surface area contributed by atoms with Crippen molar-refractivity contribution in [3.63, 3.8) is 0 Å². The van der Waals surface area contributed by atoms with E-state index in [1.54, 1.807) is 19.5 Å². The standard InChI is InChI=1S/C20H21N3O2/c1-14-8-20(22-19-9-16(24-2)5-6-18(14)19)23-11-15(12-23)13-25-17-4-3-7-21-10-17/h3-10,15H,11-13H2,1-2H3. The van der Waals surface area contributed by atoms with Crippen molar-refractivity contribution < 1.29 is 9.47 Å². The van der Waals surface area contributed by atoms with Gasteiger partial charge in [0.05, 0.1) is 25.4 Å². The number of anilines is 1. The maximum absolute atomic E-state index is 5.79. The second-order valence-electron chi connectivity index (χ2n) is 6.45. The van der Waals surface area contributed by atoms with E-state index in [2.05, 4.69) is 28.9 Å².